The van der Waals surface area contributed by atoms with Gasteiger partial charge in [-0.3, -0.25) is 4.79 Å². The van der Waals surface area contributed by atoms with Gasteiger partial charge in [0, 0.05) is 18.5 Å². The molecule has 0 aromatic carbocycles. The molecule has 0 spiro atoms. The molecular formula is C12H19ClN2O2S. The monoisotopic (exact) mass is 290 g/mol. The van der Waals surface area contributed by atoms with Crippen LogP contribution in [-0.4, -0.2) is 37.1 Å². The lowest BCUT2D eigenvalue weighted by molar-refractivity contribution is -0.134. The topological polar surface area (TPSA) is 55.6 Å². The third kappa shape index (κ3) is 3.23. The highest BCUT2D eigenvalue weighted by atomic mass is 35.5. The van der Waals surface area contributed by atoms with Gasteiger partial charge >= 0.3 is 0 Å². The summed E-state index contributed by atoms with van der Waals surface area (Å²) in [5.74, 6) is 0.00255. The number of hydrogen-bond acceptors (Lipinski definition) is 4. The Morgan fingerprint density at radius 3 is 3.11 bits per heavy atom. The maximum absolute atomic E-state index is 12.2. The molecule has 2 unspecified atom stereocenters. The van der Waals surface area contributed by atoms with Crippen molar-refractivity contribution in [3.63, 3.8) is 0 Å². The molecule has 1 aliphatic heterocycles. The third-order valence-corrected chi connectivity index (χ3v) is 4.04. The van der Waals surface area contributed by atoms with Crippen LogP contribution in [0.25, 0.3) is 0 Å². The van der Waals surface area contributed by atoms with E-state index in [1.54, 1.807) is 18.4 Å². The number of carbonyl (C=O) groups excluding carboxylic acids is 1. The molecule has 1 amide bonds. The molecule has 6 heteroatoms. The fourth-order valence-corrected chi connectivity index (χ4v) is 3.14. The summed E-state index contributed by atoms with van der Waals surface area (Å²) in [5, 5.41) is 2.05. The van der Waals surface area contributed by atoms with Crippen LogP contribution in [0.5, 0.6) is 0 Å². The quantitative estimate of drug-likeness (QED) is 0.920. The molecule has 0 bridgehead atoms. The lowest BCUT2D eigenvalue weighted by Gasteiger charge is -2.26. The van der Waals surface area contributed by atoms with Gasteiger partial charge in [0.1, 0.15) is 6.04 Å². The van der Waals surface area contributed by atoms with Crippen molar-refractivity contribution in [2.45, 2.75) is 24.9 Å². The first-order valence-electron chi connectivity index (χ1n) is 5.82. The Labute approximate surface area is 118 Å². The van der Waals surface area contributed by atoms with Gasteiger partial charge < -0.3 is 15.4 Å². The number of nitrogens with zero attached hydrogens (tertiary/aromatic N) is 1. The van der Waals surface area contributed by atoms with Crippen LogP contribution in [0.2, 0.25) is 0 Å². The molecule has 1 saturated heterocycles. The van der Waals surface area contributed by atoms with E-state index in [0.717, 1.165) is 19.4 Å². The van der Waals surface area contributed by atoms with Crippen LogP contribution in [0, 0.1) is 0 Å². The highest BCUT2D eigenvalue weighted by Gasteiger charge is 2.32. The zero-order chi connectivity index (χ0) is 12.3. The minimum atomic E-state index is -0.541. The van der Waals surface area contributed by atoms with E-state index in [0.29, 0.717) is 0 Å². The smallest absolute Gasteiger partial charge is 0.242 e. The summed E-state index contributed by atoms with van der Waals surface area (Å²) in [6, 6.07) is 3.78. The Hall–Kier alpha value is -0.620. The predicted octanol–water partition coefficient (Wildman–Crippen LogP) is 1.81. The van der Waals surface area contributed by atoms with E-state index < -0.39 is 6.04 Å². The lowest BCUT2D eigenvalue weighted by Crippen LogP contribution is -2.45. The molecular weight excluding hydrogens is 272 g/mol. The number of likely N-dealkylation sites (tertiary alicyclic amines) is 1. The molecule has 102 valence electrons. The van der Waals surface area contributed by atoms with Gasteiger partial charge in [0.2, 0.25) is 5.91 Å². The highest BCUT2D eigenvalue weighted by molar-refractivity contribution is 7.10. The number of amides is 1. The van der Waals surface area contributed by atoms with Crippen molar-refractivity contribution < 1.29 is 9.53 Å². The minimum absolute atomic E-state index is 0. The first kappa shape index (κ1) is 15.4. The van der Waals surface area contributed by atoms with Gasteiger partial charge in [0.25, 0.3) is 0 Å². The molecule has 2 rings (SSSR count). The molecule has 0 saturated carbocycles. The van der Waals surface area contributed by atoms with Crippen molar-refractivity contribution in [3.8, 4) is 0 Å². The minimum Gasteiger partial charge on any atom is -0.383 e. The second kappa shape index (κ2) is 7.09. The van der Waals surface area contributed by atoms with Gasteiger partial charge in [-0.25, -0.2) is 0 Å². The van der Waals surface area contributed by atoms with Crippen LogP contribution in [0.3, 0.4) is 0 Å². The van der Waals surface area contributed by atoms with E-state index in [9.17, 15) is 4.79 Å². The van der Waals surface area contributed by atoms with E-state index in [4.69, 9.17) is 10.5 Å². The van der Waals surface area contributed by atoms with Crippen molar-refractivity contribution in [1.82, 2.24) is 4.90 Å². The van der Waals surface area contributed by atoms with Crippen molar-refractivity contribution in [3.05, 3.63) is 22.4 Å². The van der Waals surface area contributed by atoms with Gasteiger partial charge in [-0.1, -0.05) is 6.07 Å². The number of thiophene rings is 1. The number of methoxy groups -OCH3 is 1. The second-order valence-corrected chi connectivity index (χ2v) is 5.25. The number of hydrogen-bond donors (Lipinski definition) is 1. The van der Waals surface area contributed by atoms with Gasteiger partial charge in [-0.2, -0.15) is 0 Å². The van der Waals surface area contributed by atoms with E-state index in [2.05, 4.69) is 6.07 Å². The molecule has 0 aliphatic carbocycles. The Morgan fingerprint density at radius 2 is 2.50 bits per heavy atom. The van der Waals surface area contributed by atoms with Crippen LogP contribution in [0.1, 0.15) is 23.8 Å². The average molecular weight is 291 g/mol. The van der Waals surface area contributed by atoms with Crippen molar-refractivity contribution in [2.24, 2.45) is 5.73 Å². The molecule has 2 N–H and O–H groups in total. The van der Waals surface area contributed by atoms with Crippen LogP contribution in [-0.2, 0) is 9.53 Å². The molecule has 1 fully saturated rings. The Kier molecular flexibility index (Phi) is 6.08. The largest absolute Gasteiger partial charge is 0.383 e. The molecule has 2 heterocycles. The van der Waals surface area contributed by atoms with Crippen molar-refractivity contribution >= 4 is 29.7 Å². The normalized spacial score (nSPS) is 20.6. The summed E-state index contributed by atoms with van der Waals surface area (Å²) >= 11 is 1.70. The van der Waals surface area contributed by atoms with E-state index >= 15 is 0 Å². The first-order chi connectivity index (χ1) is 8.24. The lowest BCUT2D eigenvalue weighted by atomic mass is 10.1. The van der Waals surface area contributed by atoms with E-state index in [1.165, 1.54) is 4.88 Å². The highest BCUT2D eigenvalue weighted by Crippen LogP contribution is 2.34. The average Bonchev–Trinajstić information content (AvgIpc) is 2.98. The van der Waals surface area contributed by atoms with Gasteiger partial charge in [0.05, 0.1) is 12.6 Å². The molecule has 1 aromatic rings. The van der Waals surface area contributed by atoms with Crippen LogP contribution < -0.4 is 5.73 Å². The summed E-state index contributed by atoms with van der Waals surface area (Å²) < 4.78 is 4.94. The number of halogens is 1. The number of carbonyl (C=O) groups is 1. The fraction of sp³-hybridized carbons (Fsp3) is 0.583. The summed E-state index contributed by atoms with van der Waals surface area (Å²) in [5.41, 5.74) is 5.81. The maximum atomic E-state index is 12.2. The molecule has 4 nitrogen and oxygen atoms in total. The van der Waals surface area contributed by atoms with Crippen LogP contribution in [0.4, 0.5) is 0 Å². The SMILES string of the molecule is COCC(N)C(=O)N1CCCC1c1cccs1.Cl. The van der Waals surface area contributed by atoms with Crippen molar-refractivity contribution in [1.29, 1.82) is 0 Å². The Morgan fingerprint density at radius 1 is 1.72 bits per heavy atom. The number of nitrogens with two attached hydrogens (primary N) is 1. The predicted molar refractivity (Wildman–Crippen MR) is 75.1 cm³/mol. The second-order valence-electron chi connectivity index (χ2n) is 4.27. The standard InChI is InChI=1S/C12H18N2O2S.ClH/c1-16-8-9(13)12(15)14-6-2-4-10(14)11-5-3-7-17-11;/h3,5,7,9-10H,2,4,6,8,13H2,1H3;1H. The van der Waals surface area contributed by atoms with E-state index in [1.807, 2.05) is 16.3 Å². The maximum Gasteiger partial charge on any atom is 0.242 e. The fourth-order valence-electron chi connectivity index (χ4n) is 2.27. The van der Waals surface area contributed by atoms with Crippen LogP contribution in [0.15, 0.2) is 17.5 Å². The summed E-state index contributed by atoms with van der Waals surface area (Å²) in [4.78, 5) is 15.3. The number of rotatable bonds is 4. The van der Waals surface area contributed by atoms with E-state index in [-0.39, 0.29) is 31.0 Å². The molecule has 1 aromatic heterocycles. The third-order valence-electron chi connectivity index (χ3n) is 3.07. The zero-order valence-corrected chi connectivity index (χ0v) is 12.0. The molecule has 18 heavy (non-hydrogen) atoms. The van der Waals surface area contributed by atoms with Gasteiger partial charge in [-0.15, -0.1) is 23.7 Å². The van der Waals surface area contributed by atoms with Crippen LogP contribution >= 0.6 is 23.7 Å². The molecule has 0 radical (unpaired) electrons. The van der Waals surface area contributed by atoms with Gasteiger partial charge in [0.15, 0.2) is 0 Å². The van der Waals surface area contributed by atoms with Gasteiger partial charge in [-0.05, 0) is 24.3 Å². The Bertz CT molecular complexity index is 372. The molecule has 1 aliphatic rings. The van der Waals surface area contributed by atoms with Crippen molar-refractivity contribution in [2.75, 3.05) is 20.3 Å². The first-order valence-corrected chi connectivity index (χ1v) is 6.70. The zero-order valence-electron chi connectivity index (χ0n) is 10.4. The molecule has 2 atom stereocenters. The summed E-state index contributed by atoms with van der Waals surface area (Å²) in [6.07, 6.45) is 2.08. The number of ether oxygens (including phenoxy) is 1. The summed E-state index contributed by atoms with van der Waals surface area (Å²) in [6.45, 7) is 1.09. The summed E-state index contributed by atoms with van der Waals surface area (Å²) in [7, 11) is 1.56. The Balaban J connectivity index is 0.00000162.